The number of hydrogen-bond acceptors (Lipinski definition) is 8. The topological polar surface area (TPSA) is 125 Å². The van der Waals surface area contributed by atoms with E-state index in [4.69, 9.17) is 9.47 Å². The van der Waals surface area contributed by atoms with Gasteiger partial charge in [-0.1, -0.05) is 0 Å². The lowest BCUT2D eigenvalue weighted by Gasteiger charge is -2.12. The first-order valence-electron chi connectivity index (χ1n) is 8.37. The van der Waals surface area contributed by atoms with Crippen molar-refractivity contribution < 1.29 is 34.1 Å². The monoisotopic (exact) mass is 414 g/mol. The van der Waals surface area contributed by atoms with Crippen molar-refractivity contribution in [1.29, 1.82) is 0 Å². The molecule has 3 amide bonds. The molecule has 0 spiro atoms. The van der Waals surface area contributed by atoms with Crippen LogP contribution in [0.4, 0.5) is 10.5 Å². The van der Waals surface area contributed by atoms with Crippen LogP contribution in [0.25, 0.3) is 6.08 Å². The van der Waals surface area contributed by atoms with Crippen molar-refractivity contribution in [3.8, 4) is 23.0 Å². The van der Waals surface area contributed by atoms with Crippen molar-refractivity contribution in [2.75, 3.05) is 18.7 Å². The summed E-state index contributed by atoms with van der Waals surface area (Å²) in [6, 6.07) is 8.72. The molecule has 0 radical (unpaired) electrons. The van der Waals surface area contributed by atoms with Crippen LogP contribution in [0.5, 0.6) is 23.0 Å². The zero-order valence-corrected chi connectivity index (χ0v) is 15.6. The lowest BCUT2D eigenvalue weighted by atomic mass is 10.1. The molecule has 2 aromatic carbocycles. The number of hydrogen-bond donors (Lipinski definition) is 3. The first kappa shape index (κ1) is 18.7. The molecule has 2 aromatic rings. The van der Waals surface area contributed by atoms with Gasteiger partial charge in [0, 0.05) is 23.4 Å². The molecule has 0 aliphatic carbocycles. The van der Waals surface area contributed by atoms with Crippen LogP contribution in [-0.4, -0.2) is 45.5 Å². The standard InChI is InChI=1S/C19H14N2O7S/c22-12-3-1-10(13(23)7-12)5-16-18(25)21(19(26)29-16)8-17(24)20-11-2-4-14-15(6-11)28-9-27-14/h1-7,22-23H,8-9H2,(H,20,24)/b16-5+. The highest BCUT2D eigenvalue weighted by molar-refractivity contribution is 8.18. The van der Waals surface area contributed by atoms with Gasteiger partial charge in [-0.2, -0.15) is 0 Å². The van der Waals surface area contributed by atoms with Gasteiger partial charge in [-0.3, -0.25) is 19.3 Å². The van der Waals surface area contributed by atoms with E-state index in [1.807, 2.05) is 0 Å². The Bertz CT molecular complexity index is 1070. The number of amides is 3. The molecular formula is C19H14N2O7S. The van der Waals surface area contributed by atoms with Gasteiger partial charge < -0.3 is 25.0 Å². The summed E-state index contributed by atoms with van der Waals surface area (Å²) in [4.78, 5) is 37.9. The molecule has 2 aliphatic rings. The van der Waals surface area contributed by atoms with Crippen molar-refractivity contribution in [2.45, 2.75) is 0 Å². The largest absolute Gasteiger partial charge is 0.508 e. The van der Waals surface area contributed by atoms with Gasteiger partial charge in [0.25, 0.3) is 11.1 Å². The maximum absolute atomic E-state index is 12.5. The van der Waals surface area contributed by atoms with E-state index in [2.05, 4.69) is 5.32 Å². The van der Waals surface area contributed by atoms with Crippen LogP contribution in [0, 0.1) is 0 Å². The van der Waals surface area contributed by atoms with Crippen LogP contribution in [0.3, 0.4) is 0 Å². The van der Waals surface area contributed by atoms with E-state index < -0.39 is 23.6 Å². The van der Waals surface area contributed by atoms with Gasteiger partial charge in [0.1, 0.15) is 18.0 Å². The molecule has 148 valence electrons. The predicted octanol–water partition coefficient (Wildman–Crippen LogP) is 2.50. The molecule has 9 nitrogen and oxygen atoms in total. The number of nitrogens with zero attached hydrogens (tertiary/aromatic N) is 1. The molecule has 10 heteroatoms. The summed E-state index contributed by atoms with van der Waals surface area (Å²) < 4.78 is 10.4. The summed E-state index contributed by atoms with van der Waals surface area (Å²) in [6.07, 6.45) is 1.33. The van der Waals surface area contributed by atoms with Crippen LogP contribution in [0.2, 0.25) is 0 Å². The Morgan fingerprint density at radius 2 is 1.93 bits per heavy atom. The molecule has 0 atom stereocenters. The van der Waals surface area contributed by atoms with Crippen LogP contribution in [0.15, 0.2) is 41.3 Å². The number of imide groups is 1. The highest BCUT2D eigenvalue weighted by atomic mass is 32.2. The second kappa shape index (κ2) is 7.40. The number of phenols is 2. The van der Waals surface area contributed by atoms with E-state index in [9.17, 15) is 24.6 Å². The zero-order valence-electron chi connectivity index (χ0n) is 14.7. The first-order chi connectivity index (χ1) is 13.9. The van der Waals surface area contributed by atoms with E-state index in [0.29, 0.717) is 28.9 Å². The molecule has 29 heavy (non-hydrogen) atoms. The van der Waals surface area contributed by atoms with Gasteiger partial charge in [0.2, 0.25) is 12.7 Å². The lowest BCUT2D eigenvalue weighted by Crippen LogP contribution is -2.36. The average molecular weight is 414 g/mol. The highest BCUT2D eigenvalue weighted by Crippen LogP contribution is 2.35. The third-order valence-electron chi connectivity index (χ3n) is 4.13. The van der Waals surface area contributed by atoms with Gasteiger partial charge >= 0.3 is 0 Å². The summed E-state index contributed by atoms with van der Waals surface area (Å²) >= 11 is 0.663. The summed E-state index contributed by atoms with van der Waals surface area (Å²) in [5.74, 6) is -0.513. The number of carbonyl (C=O) groups is 3. The van der Waals surface area contributed by atoms with E-state index in [1.165, 1.54) is 18.2 Å². The molecule has 1 fully saturated rings. The fraction of sp³-hybridized carbons (Fsp3) is 0.105. The maximum Gasteiger partial charge on any atom is 0.294 e. The first-order valence-corrected chi connectivity index (χ1v) is 9.19. The van der Waals surface area contributed by atoms with Crippen molar-refractivity contribution in [3.63, 3.8) is 0 Å². The molecule has 2 aliphatic heterocycles. The Kier molecular flexibility index (Phi) is 4.77. The number of anilines is 1. The minimum Gasteiger partial charge on any atom is -0.508 e. The summed E-state index contributed by atoms with van der Waals surface area (Å²) in [7, 11) is 0. The third-order valence-corrected chi connectivity index (χ3v) is 5.04. The average Bonchev–Trinajstić information content (AvgIpc) is 3.23. The molecule has 0 unspecified atom stereocenters. The SMILES string of the molecule is O=C(CN1C(=O)S/C(=C/c2ccc(O)cc2O)C1=O)Nc1ccc2c(c1)OCO2. The second-order valence-electron chi connectivity index (χ2n) is 6.13. The number of fused-ring (bicyclic) bond motifs is 1. The molecule has 0 aromatic heterocycles. The Morgan fingerprint density at radius 1 is 1.14 bits per heavy atom. The van der Waals surface area contributed by atoms with Crippen LogP contribution < -0.4 is 14.8 Å². The Labute approximate surface area is 168 Å². The number of thioether (sulfide) groups is 1. The highest BCUT2D eigenvalue weighted by Gasteiger charge is 2.36. The number of benzene rings is 2. The molecule has 0 bridgehead atoms. The summed E-state index contributed by atoms with van der Waals surface area (Å²) in [5, 5.41) is 21.2. The minimum absolute atomic E-state index is 0.0619. The van der Waals surface area contributed by atoms with Crippen molar-refractivity contribution in [2.24, 2.45) is 0 Å². The van der Waals surface area contributed by atoms with Crippen molar-refractivity contribution >= 4 is 40.6 Å². The van der Waals surface area contributed by atoms with Crippen molar-refractivity contribution in [1.82, 2.24) is 4.90 Å². The smallest absolute Gasteiger partial charge is 0.294 e. The normalized spacial score (nSPS) is 16.6. The molecule has 2 heterocycles. The quantitative estimate of drug-likeness (QED) is 0.652. The van der Waals surface area contributed by atoms with Gasteiger partial charge in [-0.15, -0.1) is 0 Å². The van der Waals surface area contributed by atoms with E-state index in [1.54, 1.807) is 18.2 Å². The molecule has 4 rings (SSSR count). The minimum atomic E-state index is -0.645. The van der Waals surface area contributed by atoms with Gasteiger partial charge in [0.05, 0.1) is 4.91 Å². The second-order valence-corrected chi connectivity index (χ2v) is 7.12. The number of rotatable bonds is 4. The van der Waals surface area contributed by atoms with Gasteiger partial charge in [0.15, 0.2) is 11.5 Å². The van der Waals surface area contributed by atoms with E-state index in [-0.39, 0.29) is 28.8 Å². The lowest BCUT2D eigenvalue weighted by molar-refractivity contribution is -0.127. The van der Waals surface area contributed by atoms with Crippen molar-refractivity contribution in [3.05, 3.63) is 46.9 Å². The molecule has 0 saturated carbocycles. The van der Waals surface area contributed by atoms with Crippen LogP contribution in [-0.2, 0) is 9.59 Å². The molecule has 3 N–H and O–H groups in total. The fourth-order valence-electron chi connectivity index (χ4n) is 2.75. The fourth-order valence-corrected chi connectivity index (χ4v) is 3.58. The summed E-state index contributed by atoms with van der Waals surface area (Å²) in [5.41, 5.74) is 0.703. The number of carbonyl (C=O) groups excluding carboxylic acids is 3. The Hall–Kier alpha value is -3.66. The number of ether oxygens (including phenoxy) is 2. The van der Waals surface area contributed by atoms with Crippen LogP contribution >= 0.6 is 11.8 Å². The molecule has 1 saturated heterocycles. The third kappa shape index (κ3) is 3.83. The predicted molar refractivity (Wildman–Crippen MR) is 104 cm³/mol. The number of aromatic hydroxyl groups is 2. The maximum atomic E-state index is 12.5. The summed E-state index contributed by atoms with van der Waals surface area (Å²) in [6.45, 7) is -0.357. The number of nitrogens with one attached hydrogen (secondary N) is 1. The van der Waals surface area contributed by atoms with Crippen LogP contribution in [0.1, 0.15) is 5.56 Å². The Morgan fingerprint density at radius 3 is 2.72 bits per heavy atom. The van der Waals surface area contributed by atoms with Gasteiger partial charge in [-0.25, -0.2) is 0 Å². The Balaban J connectivity index is 1.45. The van der Waals surface area contributed by atoms with E-state index >= 15 is 0 Å². The van der Waals surface area contributed by atoms with Gasteiger partial charge in [-0.05, 0) is 42.1 Å². The number of phenolic OH excluding ortho intramolecular Hbond substituents is 2. The van der Waals surface area contributed by atoms with E-state index in [0.717, 1.165) is 11.0 Å². The molecular weight excluding hydrogens is 400 g/mol. The zero-order chi connectivity index (χ0) is 20.5.